The number of ether oxygens (including phenoxy) is 1. The minimum absolute atomic E-state index is 0.107. The first-order chi connectivity index (χ1) is 21.5. The van der Waals surface area contributed by atoms with Gasteiger partial charge in [0.2, 0.25) is 5.91 Å². The quantitative estimate of drug-likeness (QED) is 0.251. The van der Waals surface area contributed by atoms with Gasteiger partial charge < -0.3 is 15.2 Å². The molecular formula is C38H53FN2O4. The standard InChI is InChI=1S/C19H28N2O2.C10H13F.C7H8.C2H4O2/c1-3-4-8-20-19(22)13-21-12-17(10-14(21)2)15-5-6-18-16(11-15)7-9-23-18;1-3-4-9-5-6-10(11)8(2)7-9;1-7-5-3-2-4-6-7;1-2(3)4/h5-6,11,14,17H,3-4,7-10,12-13H2,1-2H3,(H,20,22);5-7H,3-4H2,1-2H3;2-6H,1H3;1H3,(H,3,4). The van der Waals surface area contributed by atoms with Gasteiger partial charge in [-0.3, -0.25) is 14.5 Å². The van der Waals surface area contributed by atoms with E-state index in [0.29, 0.717) is 18.5 Å². The van der Waals surface area contributed by atoms with E-state index in [-0.39, 0.29) is 11.7 Å². The van der Waals surface area contributed by atoms with Crippen LogP contribution >= 0.6 is 0 Å². The van der Waals surface area contributed by atoms with Crippen molar-refractivity contribution in [1.82, 2.24) is 10.2 Å². The number of halogens is 1. The number of carbonyl (C=O) groups excluding carboxylic acids is 1. The van der Waals surface area contributed by atoms with Gasteiger partial charge in [0.15, 0.2) is 0 Å². The van der Waals surface area contributed by atoms with Crippen molar-refractivity contribution in [3.8, 4) is 5.75 Å². The van der Waals surface area contributed by atoms with E-state index < -0.39 is 5.97 Å². The highest BCUT2D eigenvalue weighted by Crippen LogP contribution is 2.35. The Balaban J connectivity index is 0.000000263. The molecule has 2 aliphatic heterocycles. The molecule has 2 atom stereocenters. The molecule has 0 saturated carbocycles. The lowest BCUT2D eigenvalue weighted by Crippen LogP contribution is -2.39. The maximum Gasteiger partial charge on any atom is 0.300 e. The van der Waals surface area contributed by atoms with Gasteiger partial charge in [-0.25, -0.2) is 4.39 Å². The molecule has 3 aromatic carbocycles. The second kappa shape index (κ2) is 20.3. The summed E-state index contributed by atoms with van der Waals surface area (Å²) in [4.78, 5) is 23.4. The highest BCUT2D eigenvalue weighted by molar-refractivity contribution is 5.78. The monoisotopic (exact) mass is 620 g/mol. The van der Waals surface area contributed by atoms with E-state index in [1.807, 2.05) is 30.3 Å². The first-order valence-corrected chi connectivity index (χ1v) is 16.3. The molecule has 45 heavy (non-hydrogen) atoms. The summed E-state index contributed by atoms with van der Waals surface area (Å²) in [5, 5.41) is 10.4. The van der Waals surface area contributed by atoms with Gasteiger partial charge in [-0.05, 0) is 80.3 Å². The van der Waals surface area contributed by atoms with E-state index in [9.17, 15) is 9.18 Å². The SMILES string of the molecule is CC(=O)O.CCCCNC(=O)CN1CC(c2ccc3c(c2)CCO3)CC1C.CCCc1ccc(F)c(C)c1.Cc1ccccc1. The number of fused-ring (bicyclic) bond motifs is 1. The molecule has 2 heterocycles. The van der Waals surface area contributed by atoms with Gasteiger partial charge in [0.25, 0.3) is 5.97 Å². The molecule has 5 rings (SSSR count). The third-order valence-electron chi connectivity index (χ3n) is 7.79. The molecule has 0 radical (unpaired) electrons. The van der Waals surface area contributed by atoms with E-state index in [4.69, 9.17) is 14.6 Å². The topological polar surface area (TPSA) is 78.9 Å². The third kappa shape index (κ3) is 14.3. The lowest BCUT2D eigenvalue weighted by atomic mass is 9.94. The number of carboxylic acids is 1. The van der Waals surface area contributed by atoms with Gasteiger partial charge >= 0.3 is 0 Å². The van der Waals surface area contributed by atoms with Crippen LogP contribution < -0.4 is 10.1 Å². The number of unbranched alkanes of at least 4 members (excludes halogenated alkanes) is 1. The Bertz CT molecular complexity index is 1310. The zero-order chi connectivity index (χ0) is 33.2. The molecule has 246 valence electrons. The molecule has 2 unspecified atom stereocenters. The average molecular weight is 621 g/mol. The van der Waals surface area contributed by atoms with Crippen LogP contribution in [0.25, 0.3) is 0 Å². The molecule has 1 amide bonds. The maximum absolute atomic E-state index is 12.7. The smallest absolute Gasteiger partial charge is 0.300 e. The number of hydrogen-bond donors (Lipinski definition) is 2. The molecule has 0 spiro atoms. The summed E-state index contributed by atoms with van der Waals surface area (Å²) in [6.07, 6.45) is 6.48. The Kier molecular flexibility index (Phi) is 16.9. The van der Waals surface area contributed by atoms with Crippen molar-refractivity contribution in [2.24, 2.45) is 0 Å². The van der Waals surface area contributed by atoms with Crippen molar-refractivity contribution in [1.29, 1.82) is 0 Å². The number of benzene rings is 3. The zero-order valence-electron chi connectivity index (χ0n) is 28.1. The molecule has 0 bridgehead atoms. The molecule has 2 aliphatic rings. The summed E-state index contributed by atoms with van der Waals surface area (Å²) in [7, 11) is 0. The van der Waals surface area contributed by atoms with Crippen molar-refractivity contribution in [2.75, 3.05) is 26.2 Å². The number of rotatable bonds is 8. The zero-order valence-corrected chi connectivity index (χ0v) is 28.1. The fourth-order valence-electron chi connectivity index (χ4n) is 5.35. The van der Waals surface area contributed by atoms with Crippen LogP contribution in [0.2, 0.25) is 0 Å². The minimum atomic E-state index is -0.833. The first kappa shape index (κ1) is 37.5. The van der Waals surface area contributed by atoms with Crippen molar-refractivity contribution in [3.05, 3.63) is 100 Å². The largest absolute Gasteiger partial charge is 0.493 e. The van der Waals surface area contributed by atoms with E-state index >= 15 is 0 Å². The lowest BCUT2D eigenvalue weighted by Gasteiger charge is -2.20. The maximum atomic E-state index is 12.7. The molecule has 1 fully saturated rings. The predicted molar refractivity (Wildman–Crippen MR) is 182 cm³/mol. The number of amides is 1. The van der Waals surface area contributed by atoms with Gasteiger partial charge in [0, 0.05) is 32.5 Å². The van der Waals surface area contributed by atoms with Crippen LogP contribution in [0.15, 0.2) is 66.7 Å². The number of carboxylic acid groups (broad SMARTS) is 1. The number of hydrogen-bond acceptors (Lipinski definition) is 4. The summed E-state index contributed by atoms with van der Waals surface area (Å²) in [6, 6.07) is 22.7. The third-order valence-corrected chi connectivity index (χ3v) is 7.79. The van der Waals surface area contributed by atoms with Crippen molar-refractivity contribution >= 4 is 11.9 Å². The summed E-state index contributed by atoms with van der Waals surface area (Å²) in [5.74, 6) is 0.796. The Hall–Kier alpha value is -3.71. The summed E-state index contributed by atoms with van der Waals surface area (Å²) in [6.45, 7) is 14.6. The van der Waals surface area contributed by atoms with Crippen LogP contribution in [0.5, 0.6) is 5.75 Å². The molecule has 6 nitrogen and oxygen atoms in total. The summed E-state index contributed by atoms with van der Waals surface area (Å²) < 4.78 is 18.3. The molecule has 0 aromatic heterocycles. The van der Waals surface area contributed by atoms with E-state index in [2.05, 4.69) is 68.2 Å². The van der Waals surface area contributed by atoms with Crippen LogP contribution in [0, 0.1) is 19.7 Å². The summed E-state index contributed by atoms with van der Waals surface area (Å²) in [5.41, 5.74) is 6.03. The van der Waals surface area contributed by atoms with E-state index in [1.165, 1.54) is 22.3 Å². The van der Waals surface area contributed by atoms with Crippen molar-refractivity contribution in [3.63, 3.8) is 0 Å². The van der Waals surface area contributed by atoms with Crippen LogP contribution in [0.3, 0.4) is 0 Å². The van der Waals surface area contributed by atoms with Crippen LogP contribution in [-0.2, 0) is 22.4 Å². The molecule has 1 saturated heterocycles. The molecular weight excluding hydrogens is 567 g/mol. The van der Waals surface area contributed by atoms with Gasteiger partial charge in [0.05, 0.1) is 13.2 Å². The number of aliphatic carboxylic acids is 1. The molecule has 3 aromatic rings. The molecule has 7 heteroatoms. The number of nitrogens with zero attached hydrogens (tertiary/aromatic N) is 1. The predicted octanol–water partition coefficient (Wildman–Crippen LogP) is 7.89. The Labute approximate surface area is 270 Å². The highest BCUT2D eigenvalue weighted by atomic mass is 19.1. The molecule has 2 N–H and O–H groups in total. The van der Waals surface area contributed by atoms with E-state index in [1.54, 1.807) is 13.0 Å². The summed E-state index contributed by atoms with van der Waals surface area (Å²) >= 11 is 0. The van der Waals surface area contributed by atoms with Crippen LogP contribution in [0.1, 0.15) is 87.1 Å². The second-order valence-electron chi connectivity index (χ2n) is 11.9. The highest BCUT2D eigenvalue weighted by Gasteiger charge is 2.31. The Morgan fingerprint density at radius 2 is 1.73 bits per heavy atom. The van der Waals surface area contributed by atoms with Gasteiger partial charge in [-0.2, -0.15) is 0 Å². The Morgan fingerprint density at radius 1 is 1.02 bits per heavy atom. The van der Waals surface area contributed by atoms with Gasteiger partial charge in [-0.15, -0.1) is 0 Å². The molecule has 0 aliphatic carbocycles. The van der Waals surface area contributed by atoms with Crippen molar-refractivity contribution in [2.45, 2.75) is 92.0 Å². The minimum Gasteiger partial charge on any atom is -0.493 e. The fraction of sp³-hybridized carbons (Fsp3) is 0.474. The normalized spacial score (nSPS) is 16.4. The number of nitrogens with one attached hydrogen (secondary N) is 1. The van der Waals surface area contributed by atoms with Crippen LogP contribution in [0.4, 0.5) is 4.39 Å². The number of aryl methyl sites for hydroxylation is 3. The first-order valence-electron chi connectivity index (χ1n) is 16.3. The van der Waals surface area contributed by atoms with Crippen LogP contribution in [-0.4, -0.2) is 54.2 Å². The van der Waals surface area contributed by atoms with Crippen molar-refractivity contribution < 1.29 is 23.8 Å². The Morgan fingerprint density at radius 3 is 2.33 bits per heavy atom. The van der Waals surface area contributed by atoms with E-state index in [0.717, 1.165) is 76.5 Å². The van der Waals surface area contributed by atoms with Gasteiger partial charge in [0.1, 0.15) is 11.6 Å². The second-order valence-corrected chi connectivity index (χ2v) is 11.9. The van der Waals surface area contributed by atoms with Gasteiger partial charge in [-0.1, -0.05) is 86.8 Å². The number of likely N-dealkylation sites (tertiary alicyclic amines) is 1. The fourth-order valence-corrected chi connectivity index (χ4v) is 5.35. The average Bonchev–Trinajstić information content (AvgIpc) is 3.62. The lowest BCUT2D eigenvalue weighted by molar-refractivity contribution is -0.134. The number of carbonyl (C=O) groups is 2.